The molecule has 0 saturated carbocycles. The topological polar surface area (TPSA) is 91.2 Å². The molecule has 0 bridgehead atoms. The Morgan fingerprint density at radius 2 is 1.56 bits per heavy atom. The third-order valence-electron chi connectivity index (χ3n) is 2.07. The van der Waals surface area contributed by atoms with Crippen LogP contribution >= 0.6 is 21.1 Å². The molecule has 0 radical (unpaired) electrons. The second kappa shape index (κ2) is 3.68. The van der Waals surface area contributed by atoms with Crippen molar-refractivity contribution in [1.29, 1.82) is 0 Å². The summed E-state index contributed by atoms with van der Waals surface area (Å²) in [6.45, 7) is 0. The molecule has 1 heterocycles. The van der Waals surface area contributed by atoms with Crippen molar-refractivity contribution in [3.05, 3.63) is 56.1 Å². The van der Waals surface area contributed by atoms with E-state index in [2.05, 4.69) is 0 Å². The second-order valence-corrected chi connectivity index (χ2v) is 5.08. The smallest absolute Gasteiger partial charge is 0.256 e. The molecule has 2 aromatic rings. The molecule has 0 saturated heterocycles. The molecule has 0 N–H and O–H groups in total. The summed E-state index contributed by atoms with van der Waals surface area (Å²) in [5.41, 5.74) is 0.0440. The average Bonchev–Trinajstić information content (AvgIpc) is 3.04. The van der Waals surface area contributed by atoms with E-state index >= 15 is 0 Å². The highest BCUT2D eigenvalue weighted by Crippen LogP contribution is 2.37. The van der Waals surface area contributed by atoms with Gasteiger partial charge in [0.2, 0.25) is 0 Å². The molecule has 9 heteroatoms. The van der Waals surface area contributed by atoms with E-state index in [9.17, 15) is 20.2 Å². The van der Waals surface area contributed by atoms with E-state index in [-0.39, 0.29) is 5.56 Å². The average molecular weight is 259 g/mol. The molecule has 84 valence electrons. The Balaban J connectivity index is 2.64. The zero-order valence-electron chi connectivity index (χ0n) is 7.68. The fraction of sp³-hybridized carbons (Fsp3) is 0.143. The van der Waals surface area contributed by atoms with Crippen LogP contribution in [-0.2, 0) is 5.79 Å². The largest absolute Gasteiger partial charge is 0.593 e. The first-order valence-corrected chi connectivity index (χ1v) is 6.16. The van der Waals surface area contributed by atoms with Gasteiger partial charge >= 0.3 is 5.79 Å². The van der Waals surface area contributed by atoms with E-state index in [0.29, 0.717) is 0 Å². The van der Waals surface area contributed by atoms with Gasteiger partial charge in [0.25, 0.3) is 0 Å². The van der Waals surface area contributed by atoms with Crippen molar-refractivity contribution in [2.45, 2.75) is 5.79 Å². The Kier molecular flexibility index (Phi) is 2.48. The van der Waals surface area contributed by atoms with Crippen molar-refractivity contribution in [3.8, 4) is 0 Å². The lowest BCUT2D eigenvalue weighted by Crippen LogP contribution is -2.46. The Bertz CT molecular complexity index is 492. The zero-order valence-corrected chi connectivity index (χ0v) is 9.31. The van der Waals surface area contributed by atoms with Crippen LogP contribution in [0.4, 0.5) is 0 Å². The van der Waals surface area contributed by atoms with Gasteiger partial charge in [-0.2, -0.15) is 0 Å². The molecule has 16 heavy (non-hydrogen) atoms. The van der Waals surface area contributed by atoms with E-state index < -0.39 is 15.6 Å². The molecular formula is C7H5N3O4S2. The van der Waals surface area contributed by atoms with Gasteiger partial charge in [-0.3, -0.25) is 20.2 Å². The lowest BCUT2D eigenvalue weighted by molar-refractivity contribution is -0.814. The maximum atomic E-state index is 11.0. The monoisotopic (exact) mass is 259 g/mol. The summed E-state index contributed by atoms with van der Waals surface area (Å²) in [6, 6.07) is 7.48. The molecule has 0 aliphatic rings. The molecule has 1 aromatic carbocycles. The predicted molar refractivity (Wildman–Crippen MR) is 57.7 cm³/mol. The lowest BCUT2D eigenvalue weighted by Gasteiger charge is -2.12. The van der Waals surface area contributed by atoms with Crippen molar-refractivity contribution < 1.29 is 9.85 Å². The summed E-state index contributed by atoms with van der Waals surface area (Å²) in [5, 5.41) is 22.1. The summed E-state index contributed by atoms with van der Waals surface area (Å²) in [5.74, 6) is -2.39. The molecule has 0 fully saturated rings. The minimum Gasteiger partial charge on any atom is -0.256 e. The van der Waals surface area contributed by atoms with Crippen LogP contribution in [0.5, 0.6) is 0 Å². The second-order valence-electron chi connectivity index (χ2n) is 2.92. The van der Waals surface area contributed by atoms with Crippen molar-refractivity contribution in [2.24, 2.45) is 0 Å². The molecule has 0 aliphatic heterocycles. The summed E-state index contributed by atoms with van der Waals surface area (Å²) >= 11 is 0. The number of nitro groups is 2. The molecule has 0 atom stereocenters. The van der Waals surface area contributed by atoms with Crippen molar-refractivity contribution in [1.82, 2.24) is 3.35 Å². The van der Waals surface area contributed by atoms with Gasteiger partial charge in [-0.15, -0.1) is 0 Å². The third-order valence-corrected chi connectivity index (χ3v) is 3.78. The van der Waals surface area contributed by atoms with Crippen LogP contribution in [0, 0.1) is 20.2 Å². The minimum absolute atomic E-state index is 0.0440. The van der Waals surface area contributed by atoms with Crippen LogP contribution in [0.2, 0.25) is 0 Å². The molecule has 7 nitrogen and oxygen atoms in total. The maximum Gasteiger partial charge on any atom is 0.593 e. The number of nitrogens with zero attached hydrogens (tertiary/aromatic N) is 3. The van der Waals surface area contributed by atoms with Crippen LogP contribution in [0.25, 0.3) is 0 Å². The maximum absolute atomic E-state index is 11.0. The van der Waals surface area contributed by atoms with Gasteiger partial charge in [-0.1, -0.05) is 21.5 Å². The van der Waals surface area contributed by atoms with Crippen molar-refractivity contribution in [2.75, 3.05) is 0 Å². The van der Waals surface area contributed by atoms with Gasteiger partial charge in [0, 0.05) is 21.1 Å². The van der Waals surface area contributed by atoms with Gasteiger partial charge in [-0.05, 0) is 12.1 Å². The van der Waals surface area contributed by atoms with E-state index in [1.54, 1.807) is 6.07 Å². The summed E-state index contributed by atoms with van der Waals surface area (Å²) in [6.07, 6.45) is 0. The van der Waals surface area contributed by atoms with Crippen LogP contribution in [0.15, 0.2) is 30.3 Å². The van der Waals surface area contributed by atoms with Crippen molar-refractivity contribution in [3.63, 3.8) is 0 Å². The van der Waals surface area contributed by atoms with Gasteiger partial charge in [-0.25, -0.2) is 0 Å². The third kappa shape index (κ3) is 1.41. The highest BCUT2D eigenvalue weighted by atomic mass is 33.0. The Hall–Kier alpha value is -1.74. The van der Waals surface area contributed by atoms with E-state index in [0.717, 1.165) is 24.4 Å². The normalized spacial score (nSPS) is 11.5. The molecular weight excluding hydrogens is 254 g/mol. The highest BCUT2D eigenvalue weighted by Gasteiger charge is 2.63. The minimum atomic E-state index is -2.39. The number of aromatic nitrogens is 1. The fourth-order valence-corrected chi connectivity index (χ4v) is 2.74. The number of hydrogen-bond acceptors (Lipinski definition) is 6. The van der Waals surface area contributed by atoms with Crippen LogP contribution < -0.4 is 0 Å². The predicted octanol–water partition coefficient (Wildman–Crippen LogP) is 1.82. The van der Waals surface area contributed by atoms with Gasteiger partial charge < -0.3 is 0 Å². The first kappa shape index (κ1) is 10.8. The summed E-state index contributed by atoms with van der Waals surface area (Å²) < 4.78 is 1.06. The standard InChI is InChI=1S/C7H5N3O4S2/c11-8(12)7(9(13)14,10-15-16-10)6-4-2-1-3-5-6/h1-5H. The number of benzene rings is 1. The Labute approximate surface area is 96.5 Å². The van der Waals surface area contributed by atoms with Crippen molar-refractivity contribution >= 4 is 21.1 Å². The quantitative estimate of drug-likeness (QED) is 0.362. The van der Waals surface area contributed by atoms with E-state index in [4.69, 9.17) is 0 Å². The van der Waals surface area contributed by atoms with Gasteiger partial charge in [0.1, 0.15) is 15.4 Å². The molecule has 0 amide bonds. The van der Waals surface area contributed by atoms with Crippen LogP contribution in [0.1, 0.15) is 5.56 Å². The lowest BCUT2D eigenvalue weighted by atomic mass is 10.1. The van der Waals surface area contributed by atoms with Crippen LogP contribution in [0.3, 0.4) is 0 Å². The SMILES string of the molecule is O=[N+]([O-])C(c1ccccc1)(n1ss1)[N+](=O)[O-]. The number of hydrogen-bond donors (Lipinski definition) is 0. The molecule has 0 spiro atoms. The molecule has 2 rings (SSSR count). The van der Waals surface area contributed by atoms with Crippen LogP contribution in [-0.4, -0.2) is 13.2 Å². The first-order chi connectivity index (χ1) is 7.60. The summed E-state index contributed by atoms with van der Waals surface area (Å²) in [7, 11) is 1.99. The van der Waals surface area contributed by atoms with E-state index in [1.165, 1.54) is 24.3 Å². The Morgan fingerprint density at radius 3 is 1.94 bits per heavy atom. The zero-order chi connectivity index (χ0) is 11.8. The molecule has 1 aromatic heterocycles. The van der Waals surface area contributed by atoms with Gasteiger partial charge in [0.15, 0.2) is 0 Å². The Morgan fingerprint density at radius 1 is 1.06 bits per heavy atom. The molecule has 0 aliphatic carbocycles. The fourth-order valence-electron chi connectivity index (χ4n) is 1.30. The molecule has 0 unspecified atom stereocenters. The van der Waals surface area contributed by atoms with Gasteiger partial charge in [0.05, 0.1) is 0 Å². The first-order valence-electron chi connectivity index (χ1n) is 4.09. The van der Waals surface area contributed by atoms with E-state index in [1.807, 2.05) is 0 Å². The number of rotatable bonds is 4. The summed E-state index contributed by atoms with van der Waals surface area (Å²) in [4.78, 5) is 20.3. The highest BCUT2D eigenvalue weighted by molar-refractivity contribution is 7.76.